The Kier molecular flexibility index (Phi) is 12.3. The van der Waals surface area contributed by atoms with Crippen LogP contribution in [0.5, 0.6) is 0 Å². The van der Waals surface area contributed by atoms with Gasteiger partial charge < -0.3 is 26.2 Å². The number of hydrazone groups is 1. The van der Waals surface area contributed by atoms with Gasteiger partial charge >= 0.3 is 36.9 Å². The Morgan fingerprint density at radius 1 is 0.900 bits per heavy atom. The third-order valence-electron chi connectivity index (χ3n) is 5.81. The van der Waals surface area contributed by atoms with Crippen LogP contribution in [0.25, 0.3) is 0 Å². The van der Waals surface area contributed by atoms with Gasteiger partial charge in [0.15, 0.2) is 0 Å². The van der Waals surface area contributed by atoms with E-state index in [9.17, 15) is 24.6 Å². The number of benzene rings is 3. The Balaban J connectivity index is 0.00000560. The second-order valence-corrected chi connectivity index (χ2v) is 9.31. The van der Waals surface area contributed by atoms with E-state index in [-0.39, 0.29) is 37.7 Å². The number of para-hydroxylation sites is 1. The van der Waals surface area contributed by atoms with Crippen molar-refractivity contribution in [3.8, 4) is 0 Å². The zero-order valence-corrected chi connectivity index (χ0v) is 23.0. The first kappa shape index (κ1) is 32.0. The fourth-order valence-electron chi connectivity index (χ4n) is 3.68. The average molecular weight is 538 g/mol. The summed E-state index contributed by atoms with van der Waals surface area (Å²) in [6.45, 7) is 5.23. The molecule has 0 aliphatic heterocycles. The number of hydrogen-bond donors (Lipinski definition) is 4. The van der Waals surface area contributed by atoms with Crippen LogP contribution in [0.3, 0.4) is 0 Å². The minimum absolute atomic E-state index is 0. The Hall–Kier alpha value is -4.26. The number of hydrogen-bond acceptors (Lipinski definition) is 5. The van der Waals surface area contributed by atoms with Crippen molar-refractivity contribution in [1.29, 1.82) is 0 Å². The van der Waals surface area contributed by atoms with Crippen LogP contribution in [-0.4, -0.2) is 40.1 Å². The molecule has 10 nitrogen and oxygen atoms in total. The van der Waals surface area contributed by atoms with Crippen molar-refractivity contribution in [1.82, 2.24) is 10.3 Å². The number of rotatable bonds is 10. The molecule has 3 rings (SSSR count). The topological polar surface area (TPSA) is 146 Å². The van der Waals surface area contributed by atoms with Crippen molar-refractivity contribution < 1.29 is 43.5 Å². The number of carboxylic acids is 1. The van der Waals surface area contributed by atoms with E-state index in [1.807, 2.05) is 31.2 Å². The van der Waals surface area contributed by atoms with Gasteiger partial charge in [0, 0.05) is 17.8 Å². The smallest absolute Gasteiger partial charge is 0.860 e. The molecule has 0 spiro atoms. The first-order chi connectivity index (χ1) is 18.6. The molecule has 0 saturated heterocycles. The third kappa shape index (κ3) is 9.80. The van der Waals surface area contributed by atoms with Gasteiger partial charge in [0.1, 0.15) is 6.04 Å². The first-order valence-corrected chi connectivity index (χ1v) is 12.4. The second kappa shape index (κ2) is 15.4. The molecule has 0 aliphatic rings. The van der Waals surface area contributed by atoms with Gasteiger partial charge in [-0.05, 0) is 53.6 Å². The average Bonchev–Trinajstić information content (AvgIpc) is 2.89. The normalized spacial score (nSPS) is 11.7. The molecule has 0 aromatic heterocycles. The van der Waals surface area contributed by atoms with Crippen LogP contribution < -0.4 is 39.9 Å². The second-order valence-electron chi connectivity index (χ2n) is 9.31. The molecule has 4 N–H and O–H groups in total. The molecule has 0 heterocycles. The molecule has 1 unspecified atom stereocenters. The number of carbonyl (C=O) groups excluding carboxylic acids is 2. The number of anilines is 2. The number of aliphatic carboxylic acids is 1. The molecule has 4 amide bonds. The van der Waals surface area contributed by atoms with Gasteiger partial charge in [-0.25, -0.2) is 19.4 Å². The minimum Gasteiger partial charge on any atom is -0.860 e. The first-order valence-electron chi connectivity index (χ1n) is 12.4. The number of carboxylic acid groups (broad SMARTS) is 1. The summed E-state index contributed by atoms with van der Waals surface area (Å²) in [5.41, 5.74) is 3.51. The molecule has 1 atom stereocenters. The van der Waals surface area contributed by atoms with Crippen LogP contribution in [-0.2, 0) is 17.8 Å². The summed E-state index contributed by atoms with van der Waals surface area (Å²) in [6, 6.07) is 20.7. The van der Waals surface area contributed by atoms with Crippen molar-refractivity contribution in [3.05, 3.63) is 95.6 Å². The number of amides is 4. The molecular weight excluding hydrogens is 505 g/mol. The molecule has 3 aromatic carbocycles. The van der Waals surface area contributed by atoms with Crippen molar-refractivity contribution in [2.24, 2.45) is 11.0 Å². The standard InChI is InChI=1S/C29H33N5O5.Li/c1-19(2)26(27(36)37)32-29(39)34(18-22-10-5-4-6-11-22)33-25(35)17-21-13-15-23(16-14-21)30-28(38)31-24-12-8-7-9-20(24)3;/h4-16,19,26H,17-18H2,1-3H3,(H,32,39)(H,33,35)(H,36,37)(H2,30,31,38);/q;+1/p-1. The van der Waals surface area contributed by atoms with E-state index in [1.54, 1.807) is 68.4 Å². The maximum atomic E-state index is 12.9. The zero-order chi connectivity index (χ0) is 28.4. The fraction of sp³-hybridized carbons (Fsp3) is 0.241. The molecule has 0 saturated carbocycles. The Labute approximate surface area is 245 Å². The third-order valence-corrected chi connectivity index (χ3v) is 5.81. The number of aryl methyl sites for hydroxylation is 1. The van der Waals surface area contributed by atoms with Gasteiger partial charge in [-0.2, -0.15) is 5.10 Å². The number of urea groups is 2. The summed E-state index contributed by atoms with van der Waals surface area (Å²) >= 11 is 0. The van der Waals surface area contributed by atoms with E-state index in [0.717, 1.165) is 16.1 Å². The predicted octanol–water partition coefficient (Wildman–Crippen LogP) is 1.18. The van der Waals surface area contributed by atoms with Gasteiger partial charge in [0.05, 0.1) is 6.54 Å². The fourth-order valence-corrected chi connectivity index (χ4v) is 3.68. The number of carbonyl (C=O) groups is 3. The zero-order valence-electron chi connectivity index (χ0n) is 23.0. The van der Waals surface area contributed by atoms with Crippen LogP contribution in [0, 0.1) is 12.8 Å². The van der Waals surface area contributed by atoms with Crippen LogP contribution in [0.1, 0.15) is 30.5 Å². The van der Waals surface area contributed by atoms with E-state index in [1.165, 1.54) is 0 Å². The summed E-state index contributed by atoms with van der Waals surface area (Å²) in [5, 5.41) is 35.1. The predicted molar refractivity (Wildman–Crippen MR) is 148 cm³/mol. The van der Waals surface area contributed by atoms with Gasteiger partial charge in [0.2, 0.25) is 0 Å². The largest absolute Gasteiger partial charge is 1.00 e. The van der Waals surface area contributed by atoms with Crippen molar-refractivity contribution in [3.63, 3.8) is 0 Å². The summed E-state index contributed by atoms with van der Waals surface area (Å²) in [4.78, 5) is 36.8. The van der Waals surface area contributed by atoms with Gasteiger partial charge in [-0.15, -0.1) is 0 Å². The van der Waals surface area contributed by atoms with Crippen LogP contribution in [0.4, 0.5) is 21.0 Å². The molecule has 0 radical (unpaired) electrons. The van der Waals surface area contributed by atoms with Crippen molar-refractivity contribution in [2.75, 3.05) is 10.6 Å². The molecule has 0 bridgehead atoms. The molecular formula is C29H32LiN5O5. The molecule has 3 aromatic rings. The summed E-state index contributed by atoms with van der Waals surface area (Å²) in [6.07, 6.45) is -0.0964. The van der Waals surface area contributed by atoms with Crippen molar-refractivity contribution in [2.45, 2.75) is 39.8 Å². The molecule has 204 valence electrons. The monoisotopic (exact) mass is 537 g/mol. The van der Waals surface area contributed by atoms with Crippen LogP contribution in [0.2, 0.25) is 0 Å². The summed E-state index contributed by atoms with van der Waals surface area (Å²) in [5.74, 6) is -2.13. The number of nitrogens with zero attached hydrogens (tertiary/aromatic N) is 2. The van der Waals surface area contributed by atoms with Gasteiger partial charge in [-0.1, -0.05) is 74.5 Å². The maximum absolute atomic E-state index is 12.9. The molecule has 11 heteroatoms. The van der Waals surface area contributed by atoms with E-state index in [4.69, 9.17) is 0 Å². The van der Waals surface area contributed by atoms with Crippen LogP contribution in [0.15, 0.2) is 84.0 Å². The van der Waals surface area contributed by atoms with Crippen LogP contribution >= 0.6 is 0 Å². The quantitative estimate of drug-likeness (QED) is 0.133. The molecule has 40 heavy (non-hydrogen) atoms. The van der Waals surface area contributed by atoms with E-state index in [0.29, 0.717) is 16.9 Å². The van der Waals surface area contributed by atoms with E-state index < -0.39 is 30.0 Å². The summed E-state index contributed by atoms with van der Waals surface area (Å²) < 4.78 is 0. The Bertz CT molecular complexity index is 1320. The Morgan fingerprint density at radius 3 is 2.12 bits per heavy atom. The van der Waals surface area contributed by atoms with E-state index >= 15 is 0 Å². The molecule has 0 fully saturated rings. The van der Waals surface area contributed by atoms with Gasteiger partial charge in [0.25, 0.3) is 0 Å². The van der Waals surface area contributed by atoms with E-state index in [2.05, 4.69) is 21.1 Å². The number of nitrogens with one attached hydrogen (secondary N) is 3. The van der Waals surface area contributed by atoms with Crippen molar-refractivity contribution >= 4 is 35.3 Å². The summed E-state index contributed by atoms with van der Waals surface area (Å²) in [7, 11) is 0. The SMILES string of the molecule is Cc1ccccc1NC(=O)Nc1ccc(CC([O-])=NN(Cc2ccccc2)C(=O)NC(C(=O)O)C(C)C)cc1.[Li+]. The minimum atomic E-state index is -1.18. The Morgan fingerprint density at radius 2 is 1.52 bits per heavy atom. The van der Waals surface area contributed by atoms with Gasteiger partial charge in [-0.3, -0.25) is 0 Å². The molecule has 0 aliphatic carbocycles. The maximum Gasteiger partial charge on any atom is 1.00 e.